The Bertz CT molecular complexity index is 8490. The van der Waals surface area contributed by atoms with E-state index >= 15 is 0 Å². The van der Waals surface area contributed by atoms with Crippen molar-refractivity contribution in [1.29, 1.82) is 21.6 Å². The lowest BCUT2D eigenvalue weighted by Gasteiger charge is -2.09. The van der Waals surface area contributed by atoms with Gasteiger partial charge in [-0.25, -0.2) is 49.9 Å². The van der Waals surface area contributed by atoms with Crippen LogP contribution in [0.1, 0.15) is 61.2 Å². The van der Waals surface area contributed by atoms with Crippen LogP contribution in [0, 0.1) is 21.6 Å². The van der Waals surface area contributed by atoms with Crippen molar-refractivity contribution in [3.8, 4) is 45.1 Å². The zero-order chi connectivity index (χ0) is 98.7. The molecule has 694 valence electrons. The van der Waals surface area contributed by atoms with Crippen LogP contribution in [0.15, 0.2) is 528 Å². The third-order valence-electron chi connectivity index (χ3n) is 24.1. The Balaban J connectivity index is 0.000000114. The van der Waals surface area contributed by atoms with Crippen LogP contribution < -0.4 is 0 Å². The summed E-state index contributed by atoms with van der Waals surface area (Å²) in [6.45, 7) is 0. The summed E-state index contributed by atoms with van der Waals surface area (Å²) in [7, 11) is 0. The van der Waals surface area contributed by atoms with E-state index in [1.165, 1.54) is 0 Å². The molecular weight excluding hydrogens is 1820 g/mol. The van der Waals surface area contributed by atoms with E-state index in [0.717, 1.165) is 187 Å². The number of nitrogens with zero attached hydrogens (tertiary/aromatic N) is 11. The summed E-state index contributed by atoms with van der Waals surface area (Å²) in [5.41, 5.74) is 21.4. The molecule has 18 aromatic carbocycles. The summed E-state index contributed by atoms with van der Waals surface area (Å²) >= 11 is 1.63. The number of pyridine rings is 1. The number of oxazole rings is 3. The molecule has 0 saturated heterocycles. The lowest BCUT2D eigenvalue weighted by Crippen LogP contribution is -2.05. The standard InChI is InChI=1S/C33H23N3O.C32H22N4O.C31H21N5S.C31H21N3O/c34-32(35-29(24-12-6-2-7-13-24)20-16-23-10-4-1-5-11-23)27-17-19-28-26(22-27)18-21-30-31(28)36-33(37-30)25-14-8-3-9-15-25;33-30(36-31(23-12-6-2-7-13-23)34-21-22-10-4-1-5-11-22)26-16-18-27-25(20-26)17-19-28-29(27)35-32(37-28)24-14-8-3-9-15-24;32-29(36-30(22-11-5-2-6-12-22)34-20-21-9-3-1-4-10-21)24-14-16-25-23(19-24)15-17-27-28(25)35-31(37-27)26-13-7-8-18-33-26;32-30(33-27-14-8-7-13-24(27)19-21-9-3-1-4-10-21)25-15-17-26-23(20-25)16-18-28-29(26)34-31(35-28)22-11-5-2-6-12-22/h1-22,34H;1-21,33H;1-20,32H;1-20,32H/b20-16+,34-32?,35-29?;;;24-19+,32-30?,33-27?. The average molecular weight is 1900 g/mol. The predicted molar refractivity (Wildman–Crippen MR) is 601 cm³/mol. The van der Waals surface area contributed by atoms with E-state index in [-0.39, 0.29) is 23.3 Å². The average Bonchev–Trinajstić information content (AvgIpc) is 1.61. The molecule has 0 unspecified atom stereocenters. The molecule has 146 heavy (non-hydrogen) atoms. The van der Waals surface area contributed by atoms with E-state index in [9.17, 15) is 0 Å². The van der Waals surface area contributed by atoms with Crippen molar-refractivity contribution >= 4 is 169 Å². The molecule has 0 atom stereocenters. The Morgan fingerprint density at radius 1 is 0.295 bits per heavy atom. The van der Waals surface area contributed by atoms with Crippen LogP contribution in [0.4, 0.5) is 0 Å². The van der Waals surface area contributed by atoms with Gasteiger partial charge in [0.15, 0.2) is 51.8 Å². The van der Waals surface area contributed by atoms with Crippen LogP contribution in [0.25, 0.3) is 144 Å². The molecule has 0 fully saturated rings. The van der Waals surface area contributed by atoms with E-state index in [4.69, 9.17) is 59.8 Å². The van der Waals surface area contributed by atoms with Gasteiger partial charge >= 0.3 is 0 Å². The Kier molecular flexibility index (Phi) is 27.6. The molecule has 19 heteroatoms. The number of hydrogen-bond donors (Lipinski definition) is 4. The number of fused-ring (bicyclic) bond motifs is 12. The number of amidine groups is 6. The van der Waals surface area contributed by atoms with E-state index in [1.54, 1.807) is 30.0 Å². The first kappa shape index (κ1) is 92.5. The summed E-state index contributed by atoms with van der Waals surface area (Å²) in [5.74, 6) is 3.46. The molecule has 18 nitrogen and oxygen atoms in total. The number of allylic oxidation sites excluding steroid dienone is 6. The molecule has 4 N–H and O–H groups in total. The second kappa shape index (κ2) is 43.7. The smallest absolute Gasteiger partial charge is 0.227 e. The molecule has 1 aliphatic carbocycles. The fourth-order valence-electron chi connectivity index (χ4n) is 16.7. The maximum Gasteiger partial charge on any atom is 0.227 e. The van der Waals surface area contributed by atoms with Crippen molar-refractivity contribution in [2.75, 3.05) is 0 Å². The van der Waals surface area contributed by atoms with Gasteiger partial charge in [-0.1, -0.05) is 370 Å². The van der Waals surface area contributed by atoms with Crippen molar-refractivity contribution in [3.63, 3.8) is 0 Å². The molecule has 5 heterocycles. The molecule has 0 aliphatic heterocycles. The van der Waals surface area contributed by atoms with Crippen molar-refractivity contribution in [2.45, 2.75) is 0 Å². The van der Waals surface area contributed by atoms with Crippen LogP contribution in [-0.2, 0) is 0 Å². The summed E-state index contributed by atoms with van der Waals surface area (Å²) in [6.07, 6.45) is 19.3. The zero-order valence-electron chi connectivity index (χ0n) is 78.5. The predicted octanol–water partition coefficient (Wildman–Crippen LogP) is 30.7. The van der Waals surface area contributed by atoms with Crippen LogP contribution in [0.2, 0.25) is 0 Å². The number of benzene rings is 18. The van der Waals surface area contributed by atoms with Crippen molar-refractivity contribution in [3.05, 3.63) is 546 Å². The van der Waals surface area contributed by atoms with Crippen LogP contribution >= 0.6 is 11.3 Å². The van der Waals surface area contributed by atoms with Gasteiger partial charge in [0.25, 0.3) is 0 Å². The molecular formula is C127H87N15O3S. The molecule has 24 rings (SSSR count). The van der Waals surface area contributed by atoms with Gasteiger partial charge in [-0.3, -0.25) is 26.6 Å². The van der Waals surface area contributed by atoms with Gasteiger partial charge < -0.3 is 13.3 Å². The third kappa shape index (κ3) is 21.7. The zero-order valence-corrected chi connectivity index (χ0v) is 79.3. The van der Waals surface area contributed by atoms with Crippen molar-refractivity contribution < 1.29 is 13.3 Å². The largest absolute Gasteiger partial charge is 0.436 e. The molecule has 0 bridgehead atoms. The minimum atomic E-state index is 0.135. The van der Waals surface area contributed by atoms with Gasteiger partial charge in [0.1, 0.15) is 21.6 Å². The topological polar surface area (TPSA) is 273 Å². The first-order valence-corrected chi connectivity index (χ1v) is 48.1. The monoisotopic (exact) mass is 1900 g/mol. The first-order valence-electron chi connectivity index (χ1n) is 47.3. The maximum atomic E-state index is 8.79. The summed E-state index contributed by atoms with van der Waals surface area (Å²) in [6, 6.07) is 144. The molecule has 5 aromatic heterocycles. The van der Waals surface area contributed by atoms with Gasteiger partial charge in [0, 0.05) is 101 Å². The normalized spacial score (nSPS) is 12.8. The lowest BCUT2D eigenvalue weighted by atomic mass is 10.0. The second-order valence-electron chi connectivity index (χ2n) is 33.9. The van der Waals surface area contributed by atoms with Crippen LogP contribution in [-0.4, -0.2) is 83.8 Å². The Hall–Kier alpha value is -19.9. The third-order valence-corrected chi connectivity index (χ3v) is 25.2. The second-order valence-corrected chi connectivity index (χ2v) is 35.0. The highest BCUT2D eigenvalue weighted by molar-refractivity contribution is 7.21. The van der Waals surface area contributed by atoms with E-state index in [1.807, 2.05) is 455 Å². The first-order chi connectivity index (χ1) is 72.0. The highest BCUT2D eigenvalue weighted by atomic mass is 32.1. The van der Waals surface area contributed by atoms with Gasteiger partial charge in [-0.2, -0.15) is 0 Å². The Morgan fingerprint density at radius 3 is 1.07 bits per heavy atom. The molecule has 0 spiro atoms. The van der Waals surface area contributed by atoms with E-state index in [0.29, 0.717) is 34.9 Å². The maximum absolute atomic E-state index is 8.79. The molecule has 1 aliphatic rings. The lowest BCUT2D eigenvalue weighted by molar-refractivity contribution is 0.619. The minimum absolute atomic E-state index is 0.135. The minimum Gasteiger partial charge on any atom is -0.436 e. The number of aromatic nitrogens is 5. The Labute approximate surface area is 844 Å². The van der Waals surface area contributed by atoms with Crippen LogP contribution in [0.5, 0.6) is 0 Å². The quantitative estimate of drug-likeness (QED) is 0.0532. The van der Waals surface area contributed by atoms with Crippen LogP contribution in [0.3, 0.4) is 0 Å². The molecule has 0 radical (unpaired) electrons. The molecule has 23 aromatic rings. The van der Waals surface area contributed by atoms with E-state index in [2.05, 4.69) is 60.3 Å². The van der Waals surface area contributed by atoms with Crippen molar-refractivity contribution in [2.24, 2.45) is 30.0 Å². The van der Waals surface area contributed by atoms with Gasteiger partial charge in [-0.05, 0) is 159 Å². The van der Waals surface area contributed by atoms with Crippen molar-refractivity contribution in [1.82, 2.24) is 24.9 Å². The summed E-state index contributed by atoms with van der Waals surface area (Å²) < 4.78 is 19.1. The Morgan fingerprint density at radius 2 is 0.651 bits per heavy atom. The highest BCUT2D eigenvalue weighted by Gasteiger charge is 2.21. The highest BCUT2D eigenvalue weighted by Crippen LogP contribution is 2.38. The fraction of sp³-hybridized carbons (Fsp3) is 0. The number of nitrogens with one attached hydrogen (secondary N) is 4. The number of aliphatic imine (C=N–C) groups is 6. The SMILES string of the molecule is N=C(N=C(/C=C/c1ccccc1)c1ccccc1)c1ccc2c(ccc3oc(-c4ccccc4)nc32)c1.N=C(N=C(N=Cc1ccccc1)c1ccccc1)c1ccc2c(ccc3oc(-c4ccccc4)nc32)c1.N=C(N=C(N=Cc1ccccc1)c1ccccc1)c1ccc2c(ccc3sc(-c4ccccn4)nc32)c1.N=C(N=C1C=CC=C/C1=C\c1ccccc1)c1ccc2c(ccc3oc(-c4ccccc4)nc32)c1. The van der Waals surface area contributed by atoms with Gasteiger partial charge in [0.2, 0.25) is 17.7 Å². The van der Waals surface area contributed by atoms with Gasteiger partial charge in [-0.15, -0.1) is 11.3 Å². The van der Waals surface area contributed by atoms with E-state index < -0.39 is 0 Å². The molecule has 0 amide bonds. The fourth-order valence-corrected chi connectivity index (χ4v) is 17.7. The summed E-state index contributed by atoms with van der Waals surface area (Å²) in [4.78, 5) is 51.5. The van der Waals surface area contributed by atoms with Gasteiger partial charge in [0.05, 0.1) is 27.3 Å². The number of rotatable bonds is 16. The molecule has 0 saturated carbocycles. The summed E-state index contributed by atoms with van der Waals surface area (Å²) in [5, 5.41) is 43.8. The number of thiazole rings is 1. The number of hydrogen-bond acceptors (Lipinski definition) is 13.